The summed E-state index contributed by atoms with van der Waals surface area (Å²) in [4.78, 5) is 2.59. The largest absolute Gasteiger partial charge is 0.464 e. The molecule has 182 valence electrons. The van der Waals surface area contributed by atoms with Crippen LogP contribution in [0, 0.1) is 6.92 Å². The van der Waals surface area contributed by atoms with Crippen molar-refractivity contribution in [2.75, 3.05) is 6.54 Å². The lowest BCUT2D eigenvalue weighted by Gasteiger charge is -2.46. The number of rotatable bonds is 8. The molecule has 6 heteroatoms. The molecule has 2 aliphatic rings. The number of unbranched alkanes of at least 4 members (excludes halogenated alkanes) is 1. The average Bonchev–Trinajstić information content (AvgIpc) is 3.33. The van der Waals surface area contributed by atoms with Crippen LogP contribution in [0.1, 0.15) is 75.0 Å². The first-order valence-corrected chi connectivity index (χ1v) is 14.1. The van der Waals surface area contributed by atoms with Gasteiger partial charge < -0.3 is 4.42 Å². The van der Waals surface area contributed by atoms with Gasteiger partial charge in [0.05, 0.1) is 11.2 Å². The van der Waals surface area contributed by atoms with Crippen LogP contribution in [0.2, 0.25) is 0 Å². The summed E-state index contributed by atoms with van der Waals surface area (Å²) in [6, 6.07) is 13.6. The third-order valence-electron chi connectivity index (χ3n) is 7.81. The molecule has 1 aromatic heterocycles. The minimum absolute atomic E-state index is 0.201. The molecule has 0 aliphatic carbocycles. The van der Waals surface area contributed by atoms with Gasteiger partial charge in [0.2, 0.25) is 0 Å². The van der Waals surface area contributed by atoms with E-state index in [-0.39, 0.29) is 10.8 Å². The molecule has 3 heterocycles. The fraction of sp³-hybridized carbons (Fsp3) is 0.500. The minimum atomic E-state index is -3.89. The first-order valence-electron chi connectivity index (χ1n) is 12.6. The third-order valence-corrected chi connectivity index (χ3v) is 9.19. The van der Waals surface area contributed by atoms with Crippen molar-refractivity contribution in [2.45, 2.75) is 88.3 Å². The topological polar surface area (TPSA) is 59.8 Å². The Morgan fingerprint density at radius 1 is 1.15 bits per heavy atom. The lowest BCUT2D eigenvalue weighted by Crippen LogP contribution is -2.54. The highest BCUT2D eigenvalue weighted by atomic mass is 32.2. The molecule has 0 N–H and O–H groups in total. The van der Waals surface area contributed by atoms with Crippen molar-refractivity contribution in [3.05, 3.63) is 65.4 Å². The maximum absolute atomic E-state index is 13.4. The molecule has 5 rings (SSSR count). The van der Waals surface area contributed by atoms with Gasteiger partial charge in [-0.15, -0.1) is 0 Å². The highest BCUT2D eigenvalue weighted by molar-refractivity contribution is 7.86. The quantitative estimate of drug-likeness (QED) is 0.342. The monoisotopic (exact) mass is 481 g/mol. The maximum atomic E-state index is 13.4. The second-order valence-electron chi connectivity index (χ2n) is 10.0. The summed E-state index contributed by atoms with van der Waals surface area (Å²) < 4.78 is 39.2. The van der Waals surface area contributed by atoms with Crippen LogP contribution < -0.4 is 0 Å². The van der Waals surface area contributed by atoms with Gasteiger partial charge in [0.15, 0.2) is 0 Å². The second-order valence-corrected chi connectivity index (χ2v) is 11.6. The normalized spacial score (nSPS) is 25.3. The van der Waals surface area contributed by atoms with Crippen molar-refractivity contribution in [2.24, 2.45) is 0 Å². The Hall–Kier alpha value is -2.15. The Morgan fingerprint density at radius 3 is 2.68 bits per heavy atom. The molecule has 2 fully saturated rings. The number of fused-ring (bicyclic) bond motifs is 3. The van der Waals surface area contributed by atoms with Crippen molar-refractivity contribution in [1.29, 1.82) is 0 Å². The van der Waals surface area contributed by atoms with Crippen LogP contribution in [0.5, 0.6) is 0 Å². The zero-order valence-electron chi connectivity index (χ0n) is 20.4. The minimum Gasteiger partial charge on any atom is -0.464 e. The van der Waals surface area contributed by atoms with Gasteiger partial charge in [0.25, 0.3) is 10.1 Å². The van der Waals surface area contributed by atoms with E-state index in [2.05, 4.69) is 36.9 Å². The Bertz CT molecular complexity index is 1260. The van der Waals surface area contributed by atoms with Crippen LogP contribution in [-0.2, 0) is 20.7 Å². The standard InChI is InChI=1S/C28H35NO4S/c1-4-6-16-29-23-14-15-28(29,33-34(30,31)24-12-10-20(3)11-13-24)18-22(17-23)26-19-32-27-21(5-2)8-7-9-25(26)27/h7-13,19,22-23H,4-6,14-18H2,1-3H3. The molecule has 0 radical (unpaired) electrons. The number of aryl methyl sites for hydroxylation is 2. The average molecular weight is 482 g/mol. The first-order chi connectivity index (χ1) is 16.4. The molecule has 2 aliphatic heterocycles. The van der Waals surface area contributed by atoms with Gasteiger partial charge in [-0.05, 0) is 69.1 Å². The maximum Gasteiger partial charge on any atom is 0.298 e. The van der Waals surface area contributed by atoms with Gasteiger partial charge in [0, 0.05) is 23.5 Å². The van der Waals surface area contributed by atoms with Crippen LogP contribution in [0.15, 0.2) is 58.0 Å². The third kappa shape index (κ3) is 4.10. The fourth-order valence-corrected chi connectivity index (χ4v) is 7.27. The molecule has 0 saturated carbocycles. The Balaban J connectivity index is 1.51. The molecule has 34 heavy (non-hydrogen) atoms. The number of para-hydroxylation sites is 1. The summed E-state index contributed by atoms with van der Waals surface area (Å²) in [7, 11) is -3.89. The molecule has 0 spiro atoms. The summed E-state index contributed by atoms with van der Waals surface area (Å²) in [5.74, 6) is 0.201. The summed E-state index contributed by atoms with van der Waals surface area (Å²) in [6.07, 6.45) is 8.28. The first kappa shape index (κ1) is 23.6. The number of furan rings is 1. The van der Waals surface area contributed by atoms with Crippen molar-refractivity contribution in [3.8, 4) is 0 Å². The van der Waals surface area contributed by atoms with Crippen LogP contribution in [0.3, 0.4) is 0 Å². The van der Waals surface area contributed by atoms with Crippen molar-refractivity contribution >= 4 is 21.1 Å². The fourth-order valence-electron chi connectivity index (χ4n) is 6.05. The van der Waals surface area contributed by atoms with Crippen LogP contribution in [0.25, 0.3) is 11.0 Å². The molecule has 3 unspecified atom stereocenters. The number of nitrogens with zero attached hydrogens (tertiary/aromatic N) is 1. The highest BCUT2D eigenvalue weighted by Crippen LogP contribution is 2.52. The van der Waals surface area contributed by atoms with E-state index in [1.165, 1.54) is 11.1 Å². The molecule has 2 aromatic carbocycles. The van der Waals surface area contributed by atoms with E-state index >= 15 is 0 Å². The van der Waals surface area contributed by atoms with Gasteiger partial charge in [-0.1, -0.05) is 56.2 Å². The highest BCUT2D eigenvalue weighted by Gasteiger charge is 2.55. The van der Waals surface area contributed by atoms with Gasteiger partial charge in [-0.25, -0.2) is 4.18 Å². The Kier molecular flexibility index (Phi) is 6.34. The zero-order valence-corrected chi connectivity index (χ0v) is 21.2. The van der Waals surface area contributed by atoms with E-state index in [9.17, 15) is 8.42 Å². The van der Waals surface area contributed by atoms with E-state index < -0.39 is 15.8 Å². The molecule has 2 bridgehead atoms. The predicted molar refractivity (Wildman–Crippen MR) is 134 cm³/mol. The molecular weight excluding hydrogens is 446 g/mol. The SMILES string of the molecule is CCCCN1C2CCC1(OS(=O)(=O)c1ccc(C)cc1)CC(c1coc3c(CC)cccc13)C2. The smallest absolute Gasteiger partial charge is 0.298 e. The van der Waals surface area contributed by atoms with E-state index in [0.717, 1.165) is 61.6 Å². The van der Waals surface area contributed by atoms with Gasteiger partial charge in [-0.3, -0.25) is 4.90 Å². The molecule has 2 saturated heterocycles. The predicted octanol–water partition coefficient (Wildman–Crippen LogP) is 6.55. The van der Waals surface area contributed by atoms with Crippen molar-refractivity contribution in [1.82, 2.24) is 4.90 Å². The van der Waals surface area contributed by atoms with E-state index in [1.54, 1.807) is 12.1 Å². The zero-order chi connectivity index (χ0) is 23.9. The molecule has 5 nitrogen and oxygen atoms in total. The lowest BCUT2D eigenvalue weighted by atomic mass is 9.83. The summed E-state index contributed by atoms with van der Waals surface area (Å²) in [5.41, 5.74) is 3.58. The molecule has 3 atom stereocenters. The Morgan fingerprint density at radius 2 is 1.94 bits per heavy atom. The molecular formula is C28H35NO4S. The number of benzene rings is 2. The van der Waals surface area contributed by atoms with Gasteiger partial charge in [0.1, 0.15) is 11.3 Å². The number of hydrogen-bond acceptors (Lipinski definition) is 5. The van der Waals surface area contributed by atoms with E-state index in [1.807, 2.05) is 25.3 Å². The van der Waals surface area contributed by atoms with Crippen molar-refractivity contribution in [3.63, 3.8) is 0 Å². The number of piperidine rings is 1. The lowest BCUT2D eigenvalue weighted by molar-refractivity contribution is -0.0996. The Labute approximate surface area is 203 Å². The van der Waals surface area contributed by atoms with Gasteiger partial charge in [-0.2, -0.15) is 8.42 Å². The summed E-state index contributed by atoms with van der Waals surface area (Å²) >= 11 is 0. The van der Waals surface area contributed by atoms with E-state index in [0.29, 0.717) is 12.5 Å². The van der Waals surface area contributed by atoms with Crippen LogP contribution >= 0.6 is 0 Å². The van der Waals surface area contributed by atoms with Crippen molar-refractivity contribution < 1.29 is 17.0 Å². The van der Waals surface area contributed by atoms with Crippen LogP contribution in [-0.4, -0.2) is 31.6 Å². The molecule has 3 aromatic rings. The summed E-state index contributed by atoms with van der Waals surface area (Å²) in [6.45, 7) is 7.13. The van der Waals surface area contributed by atoms with E-state index in [4.69, 9.17) is 8.60 Å². The van der Waals surface area contributed by atoms with Crippen LogP contribution in [0.4, 0.5) is 0 Å². The van der Waals surface area contributed by atoms with Gasteiger partial charge >= 0.3 is 0 Å². The second kappa shape index (κ2) is 9.14. The number of hydrogen-bond donors (Lipinski definition) is 0. The molecule has 0 amide bonds. The summed E-state index contributed by atoms with van der Waals surface area (Å²) in [5, 5.41) is 1.15.